The molecule has 0 fully saturated rings. The lowest BCUT2D eigenvalue weighted by molar-refractivity contribution is 0.198. The van der Waals surface area contributed by atoms with E-state index in [1.54, 1.807) is 0 Å². The van der Waals surface area contributed by atoms with Gasteiger partial charge in [0.1, 0.15) is 23.4 Å². The van der Waals surface area contributed by atoms with Crippen molar-refractivity contribution < 1.29 is 9.47 Å². The number of nitrogens with zero attached hydrogens (tertiary/aromatic N) is 1. The smallest absolute Gasteiger partial charge is 0.131 e. The first-order chi connectivity index (χ1) is 26.3. The molecule has 4 unspecified atom stereocenters. The van der Waals surface area contributed by atoms with Gasteiger partial charge >= 0.3 is 0 Å². The topological polar surface area (TPSA) is 21.7 Å². The van der Waals surface area contributed by atoms with E-state index in [2.05, 4.69) is 181 Å². The summed E-state index contributed by atoms with van der Waals surface area (Å²) >= 11 is 0. The molecule has 0 saturated heterocycles. The molecule has 0 spiro atoms. The summed E-state index contributed by atoms with van der Waals surface area (Å²) in [7, 11) is 0. The van der Waals surface area contributed by atoms with E-state index in [4.69, 9.17) is 9.47 Å². The number of fused-ring (bicyclic) bond motifs is 7. The lowest BCUT2D eigenvalue weighted by atomic mass is 9.79. The van der Waals surface area contributed by atoms with Gasteiger partial charge in [-0.25, -0.2) is 0 Å². The highest BCUT2D eigenvalue weighted by molar-refractivity contribution is 5.79. The van der Waals surface area contributed by atoms with Gasteiger partial charge in [-0.05, 0) is 107 Å². The van der Waals surface area contributed by atoms with Crippen LogP contribution in [-0.2, 0) is 12.8 Å². The van der Waals surface area contributed by atoms with E-state index < -0.39 is 0 Å². The van der Waals surface area contributed by atoms with Crippen LogP contribution in [-0.4, -0.2) is 12.1 Å². The zero-order valence-electron chi connectivity index (χ0n) is 29.6. The van der Waals surface area contributed by atoms with E-state index in [1.165, 1.54) is 44.8 Å². The van der Waals surface area contributed by atoms with Crippen LogP contribution in [0.5, 0.6) is 17.2 Å². The predicted molar refractivity (Wildman–Crippen MR) is 216 cm³/mol. The number of allylic oxidation sites excluding steroid dienone is 3. The maximum absolute atomic E-state index is 7.06. The third-order valence-corrected chi connectivity index (χ3v) is 11.6. The van der Waals surface area contributed by atoms with Gasteiger partial charge in [0.25, 0.3) is 0 Å². The van der Waals surface area contributed by atoms with Crippen molar-refractivity contribution >= 4 is 16.9 Å². The molecule has 6 aromatic rings. The lowest BCUT2D eigenvalue weighted by Crippen LogP contribution is -2.31. The number of hydrogen-bond acceptors (Lipinski definition) is 3. The van der Waals surface area contributed by atoms with Gasteiger partial charge in [-0.2, -0.15) is 0 Å². The van der Waals surface area contributed by atoms with E-state index in [1.807, 2.05) is 0 Å². The molecule has 0 saturated carbocycles. The first-order valence-corrected chi connectivity index (χ1v) is 19.0. The van der Waals surface area contributed by atoms with Gasteiger partial charge < -0.3 is 14.4 Å². The number of hydrogen-bond donors (Lipinski definition) is 0. The molecule has 4 aliphatic rings. The van der Waals surface area contributed by atoms with Gasteiger partial charge in [0.15, 0.2) is 0 Å². The lowest BCUT2D eigenvalue weighted by Gasteiger charge is -2.33. The Morgan fingerprint density at radius 2 is 1.38 bits per heavy atom. The van der Waals surface area contributed by atoms with Crippen LogP contribution < -0.4 is 14.4 Å². The number of para-hydroxylation sites is 3. The second kappa shape index (κ2) is 13.5. The van der Waals surface area contributed by atoms with Gasteiger partial charge in [-0.15, -0.1) is 0 Å². The Morgan fingerprint density at radius 1 is 0.604 bits per heavy atom. The molecule has 3 nitrogen and oxygen atoms in total. The monoisotopic (exact) mass is 687 g/mol. The van der Waals surface area contributed by atoms with Gasteiger partial charge in [0.2, 0.25) is 0 Å². The maximum Gasteiger partial charge on any atom is 0.131 e. The highest BCUT2D eigenvalue weighted by Crippen LogP contribution is 2.52. The fourth-order valence-corrected chi connectivity index (χ4v) is 9.00. The van der Waals surface area contributed by atoms with Gasteiger partial charge in [-0.1, -0.05) is 127 Å². The van der Waals surface area contributed by atoms with Crippen molar-refractivity contribution in [3.63, 3.8) is 0 Å². The second-order valence-electron chi connectivity index (χ2n) is 14.7. The molecule has 2 aliphatic heterocycles. The molecule has 2 heterocycles. The van der Waals surface area contributed by atoms with Gasteiger partial charge in [0.05, 0.1) is 6.04 Å². The van der Waals surface area contributed by atoms with E-state index >= 15 is 0 Å². The molecular weight excluding hydrogens is 647 g/mol. The summed E-state index contributed by atoms with van der Waals surface area (Å²) in [5.74, 6) is 3.32. The second-order valence-corrected chi connectivity index (χ2v) is 14.7. The van der Waals surface area contributed by atoms with Crippen LogP contribution in [0.25, 0.3) is 16.7 Å². The quantitative estimate of drug-likeness (QED) is 0.185. The van der Waals surface area contributed by atoms with Crippen molar-refractivity contribution in [2.24, 2.45) is 5.92 Å². The zero-order chi connectivity index (χ0) is 35.1. The van der Waals surface area contributed by atoms with Crippen LogP contribution in [0.1, 0.15) is 46.6 Å². The van der Waals surface area contributed by atoms with E-state index in [-0.39, 0.29) is 18.1 Å². The number of ether oxygens (including phenoxy) is 2. The minimum Gasteiger partial charge on any atom is -0.485 e. The van der Waals surface area contributed by atoms with Crippen molar-refractivity contribution in [3.05, 3.63) is 204 Å². The Labute approximate surface area is 312 Å². The maximum atomic E-state index is 7.06. The summed E-state index contributed by atoms with van der Waals surface area (Å²) in [4.78, 5) is 2.56. The minimum absolute atomic E-state index is 0.112. The number of anilines is 2. The molecule has 0 amide bonds. The number of rotatable bonds is 3. The van der Waals surface area contributed by atoms with Crippen molar-refractivity contribution in [1.29, 1.82) is 0 Å². The highest BCUT2D eigenvalue weighted by atomic mass is 16.5. The van der Waals surface area contributed by atoms with Crippen molar-refractivity contribution in [2.45, 2.75) is 43.7 Å². The zero-order valence-corrected chi connectivity index (χ0v) is 29.6. The summed E-state index contributed by atoms with van der Waals surface area (Å²) in [6.45, 7) is 0. The summed E-state index contributed by atoms with van der Waals surface area (Å²) in [5, 5.41) is 0. The van der Waals surface area contributed by atoms with E-state index in [0.717, 1.165) is 47.6 Å². The Morgan fingerprint density at radius 3 is 2.28 bits per heavy atom. The SMILES string of the molecule is C1=CC2Cc3c(cccc3C3=CC4C(CC3)c3ccccc3N4c3ccccc3)Oc3ccccc3Cc3cc(-c4ccccc4)ccc3OC2C=C1. The summed E-state index contributed by atoms with van der Waals surface area (Å²) in [5.41, 5.74) is 12.6. The fourth-order valence-electron chi connectivity index (χ4n) is 9.00. The van der Waals surface area contributed by atoms with Crippen LogP contribution in [0, 0.1) is 5.92 Å². The first kappa shape index (κ1) is 31.7. The predicted octanol–water partition coefficient (Wildman–Crippen LogP) is 12.3. The molecule has 2 aliphatic carbocycles. The Bertz CT molecular complexity index is 2390. The normalized spacial score (nSPS) is 21.1. The third-order valence-electron chi connectivity index (χ3n) is 11.6. The molecule has 3 heteroatoms. The van der Waals surface area contributed by atoms with Crippen LogP contribution in [0.15, 0.2) is 176 Å². The van der Waals surface area contributed by atoms with Gasteiger partial charge in [-0.3, -0.25) is 0 Å². The molecule has 10 rings (SSSR count). The van der Waals surface area contributed by atoms with E-state index in [0.29, 0.717) is 12.3 Å². The molecule has 53 heavy (non-hydrogen) atoms. The molecule has 0 aromatic heterocycles. The third kappa shape index (κ3) is 5.87. The Balaban J connectivity index is 1.08. The molecule has 4 atom stereocenters. The molecule has 0 bridgehead atoms. The average Bonchev–Trinajstić information content (AvgIpc) is 3.54. The Hall–Kier alpha value is -6.06. The molecular formula is C50H41NO2. The Kier molecular flexibility index (Phi) is 8.06. The molecule has 258 valence electrons. The highest BCUT2D eigenvalue weighted by Gasteiger charge is 2.40. The largest absolute Gasteiger partial charge is 0.485 e. The van der Waals surface area contributed by atoms with Crippen molar-refractivity contribution in [2.75, 3.05) is 4.90 Å². The van der Waals surface area contributed by atoms with Crippen LogP contribution in [0.4, 0.5) is 11.4 Å². The fraction of sp³-hybridized carbons (Fsp3) is 0.160. The summed E-state index contributed by atoms with van der Waals surface area (Å²) in [6, 6.07) is 52.5. The van der Waals surface area contributed by atoms with Crippen LogP contribution in [0.3, 0.4) is 0 Å². The van der Waals surface area contributed by atoms with Crippen LogP contribution in [0.2, 0.25) is 0 Å². The summed E-state index contributed by atoms with van der Waals surface area (Å²) in [6.07, 6.45) is 14.9. The first-order valence-electron chi connectivity index (χ1n) is 19.0. The molecule has 6 aromatic carbocycles. The standard InChI is InChI=1S/C50H41NO2/c1-3-14-34(15-4-1)35-27-29-49-39(30-35)31-37-16-7-11-23-47(37)53-50-25-13-21-41(44(50)32-38-17-8-12-24-48(38)52-49)36-26-28-43-42-20-9-10-22-45(42)51(46(43)33-36)40-18-5-2-6-19-40/h1-25,27,29-30,33,38,43,46,48H,26,28,31-32H2. The van der Waals surface area contributed by atoms with Crippen molar-refractivity contribution in [1.82, 2.24) is 0 Å². The average molecular weight is 688 g/mol. The van der Waals surface area contributed by atoms with E-state index in [9.17, 15) is 0 Å². The van der Waals surface area contributed by atoms with Gasteiger partial charge in [0, 0.05) is 35.2 Å². The molecule has 0 radical (unpaired) electrons. The minimum atomic E-state index is -0.112. The number of benzene rings is 6. The van der Waals surface area contributed by atoms with Crippen LogP contribution >= 0.6 is 0 Å². The summed E-state index contributed by atoms with van der Waals surface area (Å²) < 4.78 is 14.1. The van der Waals surface area contributed by atoms with Crippen molar-refractivity contribution in [3.8, 4) is 28.4 Å². The molecule has 0 N–H and O–H groups in total.